The van der Waals surface area contributed by atoms with Crippen LogP contribution in [0.15, 0.2) is 18.2 Å². The summed E-state index contributed by atoms with van der Waals surface area (Å²) in [5.41, 5.74) is 0.681. The molecule has 1 spiro atoms. The van der Waals surface area contributed by atoms with Crippen molar-refractivity contribution in [3.8, 4) is 5.75 Å². The van der Waals surface area contributed by atoms with Gasteiger partial charge in [-0.2, -0.15) is 0 Å². The van der Waals surface area contributed by atoms with Crippen LogP contribution >= 0.6 is 12.4 Å². The monoisotopic (exact) mass is 368 g/mol. The number of carbonyl (C=O) groups is 1. The Kier molecular flexibility index (Phi) is 4.75. The Bertz CT molecular complexity index is 673. The van der Waals surface area contributed by atoms with Crippen molar-refractivity contribution in [3.63, 3.8) is 0 Å². The van der Waals surface area contributed by atoms with Gasteiger partial charge < -0.3 is 15.4 Å². The molecule has 2 unspecified atom stereocenters. The number of halogens is 2. The smallest absolute Gasteiger partial charge is 0.224 e. The first kappa shape index (κ1) is 18.5. The van der Waals surface area contributed by atoms with Crippen LogP contribution < -0.4 is 15.4 Å². The highest BCUT2D eigenvalue weighted by Crippen LogP contribution is 2.58. The molecule has 1 aromatic rings. The quantitative estimate of drug-likeness (QED) is 0.841. The summed E-state index contributed by atoms with van der Waals surface area (Å²) in [6.45, 7) is 5.98. The van der Waals surface area contributed by atoms with Crippen LogP contribution in [0.1, 0.15) is 51.1 Å². The molecule has 2 aliphatic heterocycles. The first-order chi connectivity index (χ1) is 11.4. The lowest BCUT2D eigenvalue weighted by atomic mass is 9.88. The Labute approximate surface area is 154 Å². The van der Waals surface area contributed by atoms with Gasteiger partial charge >= 0.3 is 0 Å². The predicted octanol–water partition coefficient (Wildman–Crippen LogP) is 3.36. The molecule has 1 saturated heterocycles. The molecule has 2 N–H and O–H groups in total. The molecule has 138 valence electrons. The van der Waals surface area contributed by atoms with E-state index in [1.54, 1.807) is 6.07 Å². The van der Waals surface area contributed by atoms with Crippen LogP contribution in [0.5, 0.6) is 5.75 Å². The van der Waals surface area contributed by atoms with Crippen LogP contribution in [0.4, 0.5) is 4.39 Å². The first-order valence-corrected chi connectivity index (χ1v) is 8.88. The maximum Gasteiger partial charge on any atom is 0.224 e. The second kappa shape index (κ2) is 6.44. The highest BCUT2D eigenvalue weighted by atomic mass is 35.5. The molecule has 2 fully saturated rings. The molecule has 0 aromatic heterocycles. The standard InChI is InChI=1S/C19H25FN2O2.ClH/c1-18(2)11-15(13-4-3-12(20)9-16(13)24-18)22-17(23)14-10-19(14)5-7-21-8-6-19;/h3-4,9,14-15,21H,5-8,10-11H2,1-2H3,(H,22,23);1H. The highest BCUT2D eigenvalue weighted by Gasteiger charge is 2.58. The van der Waals surface area contributed by atoms with Gasteiger partial charge in [-0.25, -0.2) is 4.39 Å². The number of amides is 1. The number of benzene rings is 1. The number of hydrogen-bond acceptors (Lipinski definition) is 3. The third-order valence-corrected chi connectivity index (χ3v) is 5.86. The maximum atomic E-state index is 13.5. The topological polar surface area (TPSA) is 50.4 Å². The fraction of sp³-hybridized carbons (Fsp3) is 0.632. The van der Waals surface area contributed by atoms with Crippen molar-refractivity contribution in [2.75, 3.05) is 13.1 Å². The molecular weight excluding hydrogens is 343 g/mol. The Morgan fingerprint density at radius 1 is 1.28 bits per heavy atom. The van der Waals surface area contributed by atoms with Crippen LogP contribution in [0.2, 0.25) is 0 Å². The van der Waals surface area contributed by atoms with E-state index in [0.717, 1.165) is 37.9 Å². The fourth-order valence-corrected chi connectivity index (χ4v) is 4.42. The van der Waals surface area contributed by atoms with E-state index in [1.807, 2.05) is 13.8 Å². The molecule has 0 radical (unpaired) electrons. The van der Waals surface area contributed by atoms with Crippen molar-refractivity contribution in [1.29, 1.82) is 0 Å². The van der Waals surface area contributed by atoms with E-state index in [4.69, 9.17) is 4.74 Å². The van der Waals surface area contributed by atoms with E-state index < -0.39 is 5.60 Å². The zero-order chi connectivity index (χ0) is 16.9. The molecule has 2 atom stereocenters. The van der Waals surface area contributed by atoms with Crippen LogP contribution in [-0.2, 0) is 4.79 Å². The van der Waals surface area contributed by atoms with Gasteiger partial charge in [-0.1, -0.05) is 6.07 Å². The summed E-state index contributed by atoms with van der Waals surface area (Å²) in [7, 11) is 0. The molecule has 1 aliphatic carbocycles. The zero-order valence-electron chi connectivity index (χ0n) is 14.7. The predicted molar refractivity (Wildman–Crippen MR) is 96.5 cm³/mol. The number of carbonyl (C=O) groups excluding carboxylic acids is 1. The van der Waals surface area contributed by atoms with E-state index in [-0.39, 0.29) is 41.5 Å². The Balaban J connectivity index is 0.00000182. The van der Waals surface area contributed by atoms with Crippen molar-refractivity contribution in [3.05, 3.63) is 29.6 Å². The van der Waals surface area contributed by atoms with E-state index >= 15 is 0 Å². The van der Waals surface area contributed by atoms with Crippen molar-refractivity contribution in [2.45, 2.75) is 51.2 Å². The number of piperidine rings is 1. The van der Waals surface area contributed by atoms with Gasteiger partial charge in [-0.3, -0.25) is 4.79 Å². The molecular formula is C19H26ClFN2O2. The molecule has 1 aromatic carbocycles. The maximum absolute atomic E-state index is 13.5. The molecule has 0 bridgehead atoms. The minimum absolute atomic E-state index is 0. The number of fused-ring (bicyclic) bond motifs is 1. The second-order valence-electron chi connectivity index (χ2n) is 8.18. The van der Waals surface area contributed by atoms with Gasteiger partial charge in [0, 0.05) is 24.0 Å². The second-order valence-corrected chi connectivity index (χ2v) is 8.18. The van der Waals surface area contributed by atoms with E-state index in [1.165, 1.54) is 12.1 Å². The minimum atomic E-state index is -0.422. The molecule has 1 saturated carbocycles. The van der Waals surface area contributed by atoms with E-state index in [0.29, 0.717) is 12.2 Å². The van der Waals surface area contributed by atoms with E-state index in [9.17, 15) is 9.18 Å². The first-order valence-electron chi connectivity index (χ1n) is 8.88. The molecule has 6 heteroatoms. The Hall–Kier alpha value is -1.33. The van der Waals surface area contributed by atoms with Crippen molar-refractivity contribution in [2.24, 2.45) is 11.3 Å². The fourth-order valence-electron chi connectivity index (χ4n) is 4.42. The van der Waals surface area contributed by atoms with Gasteiger partial charge in [-0.05, 0) is 57.7 Å². The molecule has 1 amide bonds. The summed E-state index contributed by atoms with van der Waals surface area (Å²) in [4.78, 5) is 12.8. The third-order valence-electron chi connectivity index (χ3n) is 5.86. The molecule has 4 rings (SSSR count). The van der Waals surface area contributed by atoms with Gasteiger partial charge in [0.1, 0.15) is 17.2 Å². The summed E-state index contributed by atoms with van der Waals surface area (Å²) in [6, 6.07) is 4.47. The van der Waals surface area contributed by atoms with Gasteiger partial charge in [0.05, 0.1) is 6.04 Å². The lowest BCUT2D eigenvalue weighted by molar-refractivity contribution is -0.124. The largest absolute Gasteiger partial charge is 0.487 e. The molecule has 3 aliphatic rings. The third kappa shape index (κ3) is 3.49. The SMILES string of the molecule is CC1(C)CC(NC(=O)C2CC23CCNCC3)c2ccc(F)cc2O1.Cl. The number of rotatable bonds is 2. The average Bonchev–Trinajstić information content (AvgIpc) is 3.19. The summed E-state index contributed by atoms with van der Waals surface area (Å²) in [5.74, 6) is 0.514. The summed E-state index contributed by atoms with van der Waals surface area (Å²) >= 11 is 0. The van der Waals surface area contributed by atoms with Gasteiger partial charge in [0.25, 0.3) is 0 Å². The number of hydrogen-bond donors (Lipinski definition) is 2. The van der Waals surface area contributed by atoms with Crippen molar-refractivity contribution >= 4 is 18.3 Å². The lowest BCUT2D eigenvalue weighted by Crippen LogP contribution is -2.42. The zero-order valence-corrected chi connectivity index (χ0v) is 15.5. The molecule has 25 heavy (non-hydrogen) atoms. The average molecular weight is 369 g/mol. The summed E-state index contributed by atoms with van der Waals surface area (Å²) < 4.78 is 19.4. The molecule has 4 nitrogen and oxygen atoms in total. The summed E-state index contributed by atoms with van der Waals surface area (Å²) in [5, 5.41) is 6.59. The summed E-state index contributed by atoms with van der Waals surface area (Å²) in [6.07, 6.45) is 3.88. The van der Waals surface area contributed by atoms with Crippen LogP contribution in [-0.4, -0.2) is 24.6 Å². The van der Waals surface area contributed by atoms with Crippen LogP contribution in [0.25, 0.3) is 0 Å². The minimum Gasteiger partial charge on any atom is -0.487 e. The van der Waals surface area contributed by atoms with E-state index in [2.05, 4.69) is 10.6 Å². The van der Waals surface area contributed by atoms with Crippen LogP contribution in [0, 0.1) is 17.2 Å². The highest BCUT2D eigenvalue weighted by molar-refractivity contribution is 5.85. The molecule has 2 heterocycles. The van der Waals surface area contributed by atoms with Gasteiger partial charge in [0.2, 0.25) is 5.91 Å². The lowest BCUT2D eigenvalue weighted by Gasteiger charge is -2.38. The van der Waals surface area contributed by atoms with Crippen molar-refractivity contribution in [1.82, 2.24) is 10.6 Å². The van der Waals surface area contributed by atoms with Gasteiger partial charge in [-0.15, -0.1) is 12.4 Å². The number of nitrogens with one attached hydrogen (secondary N) is 2. The Morgan fingerprint density at radius 3 is 2.72 bits per heavy atom. The van der Waals surface area contributed by atoms with Gasteiger partial charge in [0.15, 0.2) is 0 Å². The van der Waals surface area contributed by atoms with Crippen molar-refractivity contribution < 1.29 is 13.9 Å². The normalized spacial score (nSPS) is 28.3. The number of ether oxygens (including phenoxy) is 1. The van der Waals surface area contributed by atoms with Crippen LogP contribution in [0.3, 0.4) is 0 Å². The Morgan fingerprint density at radius 2 is 2.00 bits per heavy atom.